The number of carbonyl (C=O) groups is 1. The van der Waals surface area contributed by atoms with Gasteiger partial charge in [-0.05, 0) is 17.5 Å². The Bertz CT molecular complexity index is 1290. The maximum absolute atomic E-state index is 12.5. The number of hydrogen-bond donors (Lipinski definition) is 2. The summed E-state index contributed by atoms with van der Waals surface area (Å²) in [6.45, 7) is 2.05. The fourth-order valence-corrected chi connectivity index (χ4v) is 4.38. The molecule has 178 valence electrons. The molecule has 0 spiro atoms. The Morgan fingerprint density at radius 2 is 1.69 bits per heavy atom. The normalized spacial score (nSPS) is 10.2. The summed E-state index contributed by atoms with van der Waals surface area (Å²) in [5.41, 5.74) is 9.38. The van der Waals surface area contributed by atoms with Gasteiger partial charge in [0.15, 0.2) is 0 Å². The third-order valence-corrected chi connectivity index (χ3v) is 6.25. The zero-order chi connectivity index (χ0) is 25.4. The number of carbonyl (C=O) groups excluding carboxylic acids is 1. The average Bonchev–Trinajstić information content (AvgIpc) is 2.88. The summed E-state index contributed by atoms with van der Waals surface area (Å²) in [4.78, 5) is 16.8. The lowest BCUT2D eigenvalue weighted by Gasteiger charge is -2.13. The van der Waals surface area contributed by atoms with Crippen molar-refractivity contribution in [2.24, 2.45) is 0 Å². The molecule has 0 fully saturated rings. The molecule has 0 aliphatic rings. The number of anilines is 2. The van der Waals surface area contributed by atoms with Gasteiger partial charge < -0.3 is 20.5 Å². The van der Waals surface area contributed by atoms with Gasteiger partial charge in [0.05, 0.1) is 19.8 Å². The number of pyridine rings is 1. The number of hydrogen-bond acceptors (Lipinski definition) is 8. The molecule has 0 radical (unpaired) electrons. The van der Waals surface area contributed by atoms with E-state index in [4.69, 9.17) is 15.2 Å². The van der Waals surface area contributed by atoms with Crippen LogP contribution in [0, 0.1) is 22.7 Å². The molecular formula is C26H25N5O3S. The molecule has 0 unspecified atom stereocenters. The summed E-state index contributed by atoms with van der Waals surface area (Å²) in [6.07, 6.45) is 1.04. The predicted octanol–water partition coefficient (Wildman–Crippen LogP) is 4.77. The maximum atomic E-state index is 12.5. The van der Waals surface area contributed by atoms with E-state index >= 15 is 0 Å². The molecule has 1 aromatic heterocycles. The van der Waals surface area contributed by atoms with Gasteiger partial charge in [-0.1, -0.05) is 31.2 Å². The number of nitrogens with zero attached hydrogens (tertiary/aromatic N) is 3. The Morgan fingerprint density at radius 1 is 1.06 bits per heavy atom. The Hall–Kier alpha value is -4.21. The number of nitrogen functional groups attached to an aromatic ring is 1. The van der Waals surface area contributed by atoms with Crippen LogP contribution in [-0.4, -0.2) is 30.9 Å². The van der Waals surface area contributed by atoms with Crippen molar-refractivity contribution in [3.63, 3.8) is 0 Å². The fraction of sp³-hybridized carbons (Fsp3) is 0.231. The zero-order valence-electron chi connectivity index (χ0n) is 19.7. The number of benzene rings is 2. The first-order valence-electron chi connectivity index (χ1n) is 10.8. The molecule has 1 heterocycles. The molecule has 0 saturated carbocycles. The van der Waals surface area contributed by atoms with E-state index in [-0.39, 0.29) is 29.3 Å². The standard InChI is InChI=1S/C26H25N5O3S/c1-4-16-5-7-17(8-6-16)24-21(14-27)25(29)31-26(22(24)15-28)35-10-9-23(32)30-18-11-19(33-2)13-20(12-18)34-3/h5-8,11-13H,4,9-10H2,1-3H3,(H2,29,31)(H,30,32). The molecule has 0 atom stereocenters. The Morgan fingerprint density at radius 3 is 2.23 bits per heavy atom. The average molecular weight is 488 g/mol. The Balaban J connectivity index is 1.79. The van der Waals surface area contributed by atoms with Gasteiger partial charge in [-0.2, -0.15) is 10.5 Å². The lowest BCUT2D eigenvalue weighted by Crippen LogP contribution is -2.12. The zero-order valence-corrected chi connectivity index (χ0v) is 20.5. The number of nitrogens with two attached hydrogens (primary N) is 1. The second-order valence-corrected chi connectivity index (χ2v) is 8.53. The summed E-state index contributed by atoms with van der Waals surface area (Å²) in [7, 11) is 3.07. The van der Waals surface area contributed by atoms with Crippen LogP contribution in [0.3, 0.4) is 0 Å². The molecule has 0 bridgehead atoms. The number of ether oxygens (including phenoxy) is 2. The van der Waals surface area contributed by atoms with Crippen LogP contribution < -0.4 is 20.5 Å². The fourth-order valence-electron chi connectivity index (χ4n) is 3.44. The molecule has 9 heteroatoms. The van der Waals surface area contributed by atoms with E-state index in [0.717, 1.165) is 17.5 Å². The highest BCUT2D eigenvalue weighted by atomic mass is 32.2. The number of amides is 1. The van der Waals surface area contributed by atoms with E-state index in [1.54, 1.807) is 18.2 Å². The highest BCUT2D eigenvalue weighted by Crippen LogP contribution is 2.36. The van der Waals surface area contributed by atoms with E-state index in [9.17, 15) is 15.3 Å². The number of thioether (sulfide) groups is 1. The van der Waals surface area contributed by atoms with Crippen molar-refractivity contribution in [3.05, 3.63) is 59.2 Å². The van der Waals surface area contributed by atoms with E-state index in [1.807, 2.05) is 24.3 Å². The predicted molar refractivity (Wildman–Crippen MR) is 136 cm³/mol. The van der Waals surface area contributed by atoms with Gasteiger partial charge in [0.2, 0.25) is 5.91 Å². The number of aromatic nitrogens is 1. The van der Waals surface area contributed by atoms with Gasteiger partial charge in [-0.3, -0.25) is 4.79 Å². The van der Waals surface area contributed by atoms with Gasteiger partial charge >= 0.3 is 0 Å². The SMILES string of the molecule is CCc1ccc(-c2c(C#N)c(N)nc(SCCC(=O)Nc3cc(OC)cc(OC)c3)c2C#N)cc1. The molecule has 2 aromatic carbocycles. The largest absolute Gasteiger partial charge is 0.497 e. The summed E-state index contributed by atoms with van der Waals surface area (Å²) < 4.78 is 10.4. The molecule has 35 heavy (non-hydrogen) atoms. The van der Waals surface area contributed by atoms with Crippen LogP contribution in [0.5, 0.6) is 11.5 Å². The monoisotopic (exact) mass is 487 g/mol. The highest BCUT2D eigenvalue weighted by Gasteiger charge is 2.20. The number of aryl methyl sites for hydroxylation is 1. The number of nitrogens with one attached hydrogen (secondary N) is 1. The summed E-state index contributed by atoms with van der Waals surface area (Å²) in [5.74, 6) is 1.31. The first kappa shape index (κ1) is 25.4. The molecule has 0 aliphatic carbocycles. The minimum absolute atomic E-state index is 0.0523. The number of rotatable bonds is 9. The Kier molecular flexibility index (Phi) is 8.55. The van der Waals surface area contributed by atoms with E-state index < -0.39 is 0 Å². The van der Waals surface area contributed by atoms with Crippen LogP contribution in [0.4, 0.5) is 11.5 Å². The van der Waals surface area contributed by atoms with Gasteiger partial charge in [0.1, 0.15) is 40.0 Å². The van der Waals surface area contributed by atoms with Gasteiger partial charge in [-0.15, -0.1) is 11.8 Å². The summed E-state index contributed by atoms with van der Waals surface area (Å²) in [5, 5.41) is 22.8. The lowest BCUT2D eigenvalue weighted by atomic mass is 9.96. The molecule has 1 amide bonds. The molecule has 3 N–H and O–H groups in total. The molecule has 8 nitrogen and oxygen atoms in total. The lowest BCUT2D eigenvalue weighted by molar-refractivity contribution is -0.115. The van der Waals surface area contributed by atoms with Crippen molar-refractivity contribution in [2.75, 3.05) is 31.0 Å². The molecule has 3 aromatic rings. The molecule has 3 rings (SSSR count). The minimum atomic E-state index is -0.219. The van der Waals surface area contributed by atoms with Crippen LogP contribution in [0.15, 0.2) is 47.5 Å². The summed E-state index contributed by atoms with van der Waals surface area (Å²) in [6, 6.07) is 17.0. The van der Waals surface area contributed by atoms with Gasteiger partial charge in [-0.25, -0.2) is 4.98 Å². The van der Waals surface area contributed by atoms with E-state index in [2.05, 4.69) is 29.4 Å². The van der Waals surface area contributed by atoms with Crippen LogP contribution in [0.2, 0.25) is 0 Å². The van der Waals surface area contributed by atoms with Crippen molar-refractivity contribution < 1.29 is 14.3 Å². The number of methoxy groups -OCH3 is 2. The Labute approximate surface area is 208 Å². The van der Waals surface area contributed by atoms with Crippen molar-refractivity contribution in [1.29, 1.82) is 10.5 Å². The summed E-state index contributed by atoms with van der Waals surface area (Å²) >= 11 is 1.24. The molecular weight excluding hydrogens is 462 g/mol. The van der Waals surface area contributed by atoms with Crippen LogP contribution >= 0.6 is 11.8 Å². The first-order valence-corrected chi connectivity index (χ1v) is 11.8. The second-order valence-electron chi connectivity index (χ2n) is 7.45. The first-order chi connectivity index (χ1) is 16.9. The van der Waals surface area contributed by atoms with E-state index in [0.29, 0.717) is 33.5 Å². The smallest absolute Gasteiger partial charge is 0.225 e. The maximum Gasteiger partial charge on any atom is 0.225 e. The van der Waals surface area contributed by atoms with Crippen LogP contribution in [-0.2, 0) is 11.2 Å². The third kappa shape index (κ3) is 6.03. The second kappa shape index (κ2) is 11.8. The highest BCUT2D eigenvalue weighted by molar-refractivity contribution is 7.99. The molecule has 0 saturated heterocycles. The third-order valence-electron chi connectivity index (χ3n) is 5.27. The van der Waals surface area contributed by atoms with Crippen molar-refractivity contribution in [3.8, 4) is 34.8 Å². The van der Waals surface area contributed by atoms with Gasteiger partial charge in [0, 0.05) is 41.6 Å². The van der Waals surface area contributed by atoms with Crippen molar-refractivity contribution >= 4 is 29.2 Å². The van der Waals surface area contributed by atoms with Gasteiger partial charge in [0.25, 0.3) is 0 Å². The van der Waals surface area contributed by atoms with E-state index in [1.165, 1.54) is 26.0 Å². The van der Waals surface area contributed by atoms with Crippen LogP contribution in [0.1, 0.15) is 30.0 Å². The minimum Gasteiger partial charge on any atom is -0.497 e. The van der Waals surface area contributed by atoms with Crippen LogP contribution in [0.25, 0.3) is 11.1 Å². The number of nitriles is 2. The quantitative estimate of drug-likeness (QED) is 0.412. The molecule has 0 aliphatic heterocycles. The van der Waals surface area contributed by atoms with Crippen molar-refractivity contribution in [1.82, 2.24) is 4.98 Å². The van der Waals surface area contributed by atoms with Crippen molar-refractivity contribution in [2.45, 2.75) is 24.8 Å². The topological polar surface area (TPSA) is 134 Å².